The van der Waals surface area contributed by atoms with Crippen LogP contribution in [0.3, 0.4) is 0 Å². The first-order chi connectivity index (χ1) is 16.0. The number of anilines is 3. The molecule has 0 aliphatic heterocycles. The largest absolute Gasteiger partial charge is 0.354 e. The Labute approximate surface area is 198 Å². The van der Waals surface area contributed by atoms with Crippen LogP contribution in [-0.4, -0.2) is 29.2 Å². The van der Waals surface area contributed by atoms with Crippen LogP contribution in [0.15, 0.2) is 71.8 Å². The summed E-state index contributed by atoms with van der Waals surface area (Å²) in [5.41, 5.74) is 3.21. The minimum atomic E-state index is -0.370. The lowest BCUT2D eigenvalue weighted by Gasteiger charge is -2.12. The van der Waals surface area contributed by atoms with E-state index in [9.17, 15) is 9.59 Å². The van der Waals surface area contributed by atoms with Gasteiger partial charge in [0.05, 0.1) is 11.9 Å². The average Bonchev–Trinajstić information content (AvgIpc) is 2.84. The highest BCUT2D eigenvalue weighted by atomic mass is 32.2. The molecular formula is C25H29N5O2S. The summed E-state index contributed by atoms with van der Waals surface area (Å²) in [5, 5.41) is 11.8. The van der Waals surface area contributed by atoms with E-state index in [1.165, 1.54) is 4.90 Å². The highest BCUT2D eigenvalue weighted by Crippen LogP contribution is 2.22. The molecule has 8 heteroatoms. The second kappa shape index (κ2) is 11.9. The van der Waals surface area contributed by atoms with Crippen LogP contribution < -0.4 is 21.3 Å². The minimum Gasteiger partial charge on any atom is -0.354 e. The van der Waals surface area contributed by atoms with E-state index in [2.05, 4.69) is 38.4 Å². The van der Waals surface area contributed by atoms with Gasteiger partial charge < -0.3 is 16.0 Å². The third-order valence-corrected chi connectivity index (χ3v) is 5.72. The Morgan fingerprint density at radius 2 is 1.85 bits per heavy atom. The lowest BCUT2D eigenvalue weighted by molar-refractivity contribution is 0.0939. The number of carbonyl (C=O) groups is 2. The van der Waals surface area contributed by atoms with E-state index < -0.39 is 0 Å². The average molecular weight is 464 g/mol. The van der Waals surface area contributed by atoms with E-state index in [1.807, 2.05) is 50.4 Å². The molecule has 0 saturated carbocycles. The number of nitrogens with zero attached hydrogens (tertiary/aromatic N) is 1. The molecule has 1 aromatic heterocycles. The second-order valence-electron chi connectivity index (χ2n) is 7.58. The summed E-state index contributed by atoms with van der Waals surface area (Å²) in [5.74, 6) is 0.325. The monoisotopic (exact) mass is 463 g/mol. The summed E-state index contributed by atoms with van der Waals surface area (Å²) in [7, 11) is 0. The maximum absolute atomic E-state index is 12.3. The molecule has 4 N–H and O–H groups in total. The zero-order chi connectivity index (χ0) is 23.6. The topological polar surface area (TPSA) is 95.2 Å². The maximum Gasteiger partial charge on any atom is 0.320 e. The Morgan fingerprint density at radius 1 is 1.03 bits per heavy atom. The molecule has 0 aliphatic carbocycles. The van der Waals surface area contributed by atoms with Crippen LogP contribution in [0.1, 0.15) is 36.2 Å². The fraction of sp³-hybridized carbons (Fsp3) is 0.240. The van der Waals surface area contributed by atoms with Crippen LogP contribution in [0.5, 0.6) is 0 Å². The van der Waals surface area contributed by atoms with Gasteiger partial charge in [-0.2, -0.15) is 0 Å². The van der Waals surface area contributed by atoms with Gasteiger partial charge in [0.25, 0.3) is 5.91 Å². The summed E-state index contributed by atoms with van der Waals surface area (Å²) in [6.45, 7) is 4.28. The van der Waals surface area contributed by atoms with Gasteiger partial charge in [-0.05, 0) is 67.6 Å². The summed E-state index contributed by atoms with van der Waals surface area (Å²) < 4.78 is 0. The summed E-state index contributed by atoms with van der Waals surface area (Å²) in [6, 6.07) is 18.6. The van der Waals surface area contributed by atoms with Crippen LogP contribution >= 0.6 is 11.8 Å². The SMILES string of the molecule is CCC(C)NC(=O)c1cccc(CNC(=O)Nc2ccc(Nc3cccc(SC)c3)cn2)c1. The van der Waals surface area contributed by atoms with Crippen molar-refractivity contribution in [2.75, 3.05) is 16.9 Å². The summed E-state index contributed by atoms with van der Waals surface area (Å²) in [4.78, 5) is 30.0. The zero-order valence-corrected chi connectivity index (χ0v) is 19.8. The van der Waals surface area contributed by atoms with E-state index in [4.69, 9.17) is 0 Å². The molecule has 1 unspecified atom stereocenters. The first-order valence-electron chi connectivity index (χ1n) is 10.8. The van der Waals surface area contributed by atoms with Crippen LogP contribution in [0.2, 0.25) is 0 Å². The van der Waals surface area contributed by atoms with E-state index in [0.717, 1.165) is 23.4 Å². The number of rotatable bonds is 9. The molecule has 0 saturated heterocycles. The zero-order valence-electron chi connectivity index (χ0n) is 19.0. The predicted molar refractivity (Wildman–Crippen MR) is 135 cm³/mol. The molecule has 0 bridgehead atoms. The van der Waals surface area contributed by atoms with Gasteiger partial charge in [-0.25, -0.2) is 9.78 Å². The molecule has 1 heterocycles. The number of hydrogen-bond donors (Lipinski definition) is 4. The lowest BCUT2D eigenvalue weighted by Crippen LogP contribution is -2.32. The molecule has 0 radical (unpaired) electrons. The van der Waals surface area contributed by atoms with Crippen molar-refractivity contribution in [1.29, 1.82) is 0 Å². The second-order valence-corrected chi connectivity index (χ2v) is 8.46. The first kappa shape index (κ1) is 24.1. The molecule has 1 atom stereocenters. The third kappa shape index (κ3) is 7.54. The van der Waals surface area contributed by atoms with Crippen molar-refractivity contribution in [1.82, 2.24) is 15.6 Å². The van der Waals surface area contributed by atoms with Crippen LogP contribution in [-0.2, 0) is 6.54 Å². The Bertz CT molecular complexity index is 1090. The number of hydrogen-bond acceptors (Lipinski definition) is 5. The van der Waals surface area contributed by atoms with E-state index in [-0.39, 0.29) is 18.0 Å². The highest BCUT2D eigenvalue weighted by Gasteiger charge is 2.10. The van der Waals surface area contributed by atoms with Gasteiger partial charge in [0.2, 0.25) is 0 Å². The molecule has 172 valence electrons. The Hall–Kier alpha value is -3.52. The Kier molecular flexibility index (Phi) is 8.71. The third-order valence-electron chi connectivity index (χ3n) is 5.00. The summed E-state index contributed by atoms with van der Waals surface area (Å²) in [6.07, 6.45) is 4.57. The van der Waals surface area contributed by atoms with Gasteiger partial charge in [0.15, 0.2) is 0 Å². The molecule has 2 aromatic carbocycles. The number of thioether (sulfide) groups is 1. The van der Waals surface area contributed by atoms with Crippen molar-refractivity contribution in [3.8, 4) is 0 Å². The fourth-order valence-electron chi connectivity index (χ4n) is 2.98. The van der Waals surface area contributed by atoms with Gasteiger partial charge in [-0.1, -0.05) is 25.1 Å². The number of urea groups is 1. The molecule has 3 aromatic rings. The van der Waals surface area contributed by atoms with Crippen LogP contribution in [0.25, 0.3) is 0 Å². The molecular weight excluding hydrogens is 434 g/mol. The van der Waals surface area contributed by atoms with Crippen molar-refractivity contribution >= 4 is 40.9 Å². The molecule has 0 fully saturated rings. The van der Waals surface area contributed by atoms with Crippen molar-refractivity contribution in [3.05, 3.63) is 78.0 Å². The predicted octanol–water partition coefficient (Wildman–Crippen LogP) is 5.40. The molecule has 7 nitrogen and oxygen atoms in total. The quantitative estimate of drug-likeness (QED) is 0.319. The summed E-state index contributed by atoms with van der Waals surface area (Å²) >= 11 is 1.68. The van der Waals surface area contributed by atoms with Crippen molar-refractivity contribution in [3.63, 3.8) is 0 Å². The number of nitrogens with one attached hydrogen (secondary N) is 4. The van der Waals surface area contributed by atoms with E-state index in [0.29, 0.717) is 17.9 Å². The van der Waals surface area contributed by atoms with Crippen molar-refractivity contribution < 1.29 is 9.59 Å². The normalized spacial score (nSPS) is 11.4. The van der Waals surface area contributed by atoms with Crippen LogP contribution in [0, 0.1) is 0 Å². The molecule has 33 heavy (non-hydrogen) atoms. The Balaban J connectivity index is 1.51. The lowest BCUT2D eigenvalue weighted by atomic mass is 10.1. The molecule has 0 aliphatic rings. The Morgan fingerprint density at radius 3 is 2.58 bits per heavy atom. The number of pyridine rings is 1. The van der Waals surface area contributed by atoms with Crippen LogP contribution in [0.4, 0.5) is 22.0 Å². The standard InChI is InChI=1S/C25H29N5O2S/c1-4-17(2)28-24(31)19-8-5-7-18(13-19)15-27-25(32)30-23-12-11-21(16-26-23)29-20-9-6-10-22(14-20)33-3/h5-14,16-17,29H,4,15H2,1-3H3,(H,28,31)(H2,26,27,30,32). The van der Waals surface area contributed by atoms with Gasteiger partial charge in [-0.15, -0.1) is 11.8 Å². The number of carbonyl (C=O) groups excluding carboxylic acids is 2. The first-order valence-corrected chi connectivity index (χ1v) is 12.0. The number of benzene rings is 2. The number of amides is 3. The van der Waals surface area contributed by atoms with Crippen molar-refractivity contribution in [2.24, 2.45) is 0 Å². The number of aromatic nitrogens is 1. The molecule has 0 spiro atoms. The minimum absolute atomic E-state index is 0.111. The van der Waals surface area contributed by atoms with E-state index in [1.54, 1.807) is 36.2 Å². The molecule has 3 amide bonds. The van der Waals surface area contributed by atoms with Gasteiger partial charge >= 0.3 is 6.03 Å². The van der Waals surface area contributed by atoms with Gasteiger partial charge in [0, 0.05) is 28.7 Å². The molecule has 3 rings (SSSR count). The van der Waals surface area contributed by atoms with Gasteiger partial charge in [-0.3, -0.25) is 10.1 Å². The highest BCUT2D eigenvalue weighted by molar-refractivity contribution is 7.98. The van der Waals surface area contributed by atoms with Crippen molar-refractivity contribution in [2.45, 2.75) is 37.8 Å². The smallest absolute Gasteiger partial charge is 0.320 e. The fourth-order valence-corrected chi connectivity index (χ4v) is 3.44. The van der Waals surface area contributed by atoms with Gasteiger partial charge in [0.1, 0.15) is 5.82 Å². The maximum atomic E-state index is 12.3. The van der Waals surface area contributed by atoms with E-state index >= 15 is 0 Å².